The van der Waals surface area contributed by atoms with Gasteiger partial charge in [0.15, 0.2) is 0 Å². The fourth-order valence-electron chi connectivity index (χ4n) is 3.01. The summed E-state index contributed by atoms with van der Waals surface area (Å²) in [5, 5.41) is 3.29. The van der Waals surface area contributed by atoms with E-state index in [0.29, 0.717) is 0 Å². The van der Waals surface area contributed by atoms with Crippen LogP contribution in [0.25, 0.3) is 12.2 Å². The van der Waals surface area contributed by atoms with Crippen molar-refractivity contribution in [2.24, 2.45) is 11.5 Å². The number of allylic oxidation sites excluding steroid dienone is 12. The van der Waals surface area contributed by atoms with Crippen LogP contribution in [0.2, 0.25) is 0 Å². The number of aromatic nitrogens is 2. The maximum Gasteiger partial charge on any atom is 0.0746 e. The summed E-state index contributed by atoms with van der Waals surface area (Å²) < 4.78 is 0. The van der Waals surface area contributed by atoms with E-state index in [9.17, 15) is 0 Å². The lowest BCUT2D eigenvalue weighted by Crippen LogP contribution is -2.40. The minimum Gasteiger partial charge on any atom is -0.325 e. The molecule has 3 atom stereocenters. The molecule has 0 aliphatic heterocycles. The third-order valence-corrected chi connectivity index (χ3v) is 4.85. The second-order valence-electron chi connectivity index (χ2n) is 8.54. The molecular weight excluding hydrogens is 502 g/mol. The van der Waals surface area contributed by atoms with Crippen molar-refractivity contribution in [1.29, 1.82) is 0 Å². The van der Waals surface area contributed by atoms with Crippen LogP contribution in [-0.2, 0) is 0 Å². The average molecular weight is 552 g/mol. The predicted octanol–water partition coefficient (Wildman–Crippen LogP) is 7.74. The third kappa shape index (κ3) is 22.4. The second kappa shape index (κ2) is 26.1. The minimum atomic E-state index is -0.206. The maximum atomic E-state index is 6.05. The molecule has 0 aliphatic carbocycles. The van der Waals surface area contributed by atoms with Crippen LogP contribution in [0.15, 0.2) is 146 Å². The van der Waals surface area contributed by atoms with Crippen LogP contribution < -0.4 is 16.8 Å². The number of pyridine rings is 2. The Morgan fingerprint density at radius 3 is 2.07 bits per heavy atom. The summed E-state index contributed by atoms with van der Waals surface area (Å²) in [6.45, 7) is 13.7. The lowest BCUT2D eigenvalue weighted by molar-refractivity contribution is 0.569. The van der Waals surface area contributed by atoms with Crippen molar-refractivity contribution in [1.82, 2.24) is 15.3 Å². The summed E-state index contributed by atoms with van der Waals surface area (Å²) in [5.74, 6) is 0. The maximum absolute atomic E-state index is 6.05. The summed E-state index contributed by atoms with van der Waals surface area (Å²) in [6, 6.07) is 8.12. The van der Waals surface area contributed by atoms with Gasteiger partial charge in [0.2, 0.25) is 0 Å². The summed E-state index contributed by atoms with van der Waals surface area (Å²) in [6.07, 6.45) is 38.5. The molecule has 0 aromatic carbocycles. The van der Waals surface area contributed by atoms with Crippen molar-refractivity contribution < 1.29 is 0 Å². The van der Waals surface area contributed by atoms with Crippen LogP contribution >= 0.6 is 0 Å². The van der Waals surface area contributed by atoms with Crippen LogP contribution in [0.5, 0.6) is 0 Å². The highest BCUT2D eigenvalue weighted by atomic mass is 15.0. The first kappa shape index (κ1) is 36.8. The summed E-state index contributed by atoms with van der Waals surface area (Å²) in [7, 11) is 0. The van der Waals surface area contributed by atoms with Crippen molar-refractivity contribution in [3.05, 3.63) is 157 Å². The van der Waals surface area contributed by atoms with Crippen molar-refractivity contribution in [2.45, 2.75) is 52.9 Å². The van der Waals surface area contributed by atoms with E-state index in [4.69, 9.17) is 11.5 Å². The van der Waals surface area contributed by atoms with Crippen molar-refractivity contribution in [2.75, 3.05) is 0 Å². The first-order valence-electron chi connectivity index (χ1n) is 14.0. The Hall–Kier alpha value is -4.16. The Morgan fingerprint density at radius 1 is 0.805 bits per heavy atom. The number of hydrogen-bond donors (Lipinski definition) is 3. The Kier molecular flexibility index (Phi) is 23.4. The lowest BCUT2D eigenvalue weighted by Gasteiger charge is -2.13. The minimum absolute atomic E-state index is 0.105. The highest BCUT2D eigenvalue weighted by molar-refractivity contribution is 5.50. The van der Waals surface area contributed by atoms with Gasteiger partial charge in [-0.25, -0.2) is 0 Å². The van der Waals surface area contributed by atoms with Crippen LogP contribution in [-0.4, -0.2) is 28.2 Å². The van der Waals surface area contributed by atoms with Crippen LogP contribution in [0.4, 0.5) is 0 Å². The van der Waals surface area contributed by atoms with Gasteiger partial charge >= 0.3 is 0 Å². The van der Waals surface area contributed by atoms with Crippen molar-refractivity contribution in [3.63, 3.8) is 0 Å². The molecule has 0 saturated carbocycles. The molecule has 0 radical (unpaired) electrons. The largest absolute Gasteiger partial charge is 0.325 e. The van der Waals surface area contributed by atoms with Gasteiger partial charge in [0.25, 0.3) is 0 Å². The monoisotopic (exact) mass is 551 g/mol. The molecule has 2 aromatic rings. The van der Waals surface area contributed by atoms with E-state index in [1.165, 1.54) is 0 Å². The van der Waals surface area contributed by atoms with Gasteiger partial charge in [0, 0.05) is 36.9 Å². The van der Waals surface area contributed by atoms with Gasteiger partial charge in [-0.3, -0.25) is 15.3 Å². The summed E-state index contributed by atoms with van der Waals surface area (Å²) in [4.78, 5) is 8.06. The van der Waals surface area contributed by atoms with Gasteiger partial charge < -0.3 is 11.5 Å². The van der Waals surface area contributed by atoms with Crippen LogP contribution in [0.1, 0.15) is 45.7 Å². The smallest absolute Gasteiger partial charge is 0.0746 e. The van der Waals surface area contributed by atoms with Gasteiger partial charge in [-0.05, 0) is 55.7 Å². The fraction of sp³-hybridized carbons (Fsp3) is 0.222. The zero-order chi connectivity index (χ0) is 30.6. The number of nitrogens with one attached hydrogen (secondary N) is 1. The molecule has 5 heteroatoms. The van der Waals surface area contributed by atoms with Gasteiger partial charge in [0.1, 0.15) is 0 Å². The van der Waals surface area contributed by atoms with E-state index >= 15 is 0 Å². The molecule has 0 aliphatic rings. The topological polar surface area (TPSA) is 89.8 Å². The SMILES string of the molecule is C=C/C=C(\C=C/C)/C=C/C=C/C(C)N.CC.CC(/C=C/C=C/c1ccncc1)NC(N)/C=C/C=C/c1cccnc1. The first-order valence-corrected chi connectivity index (χ1v) is 14.0. The van der Waals surface area contributed by atoms with Gasteiger partial charge in [-0.2, -0.15) is 0 Å². The lowest BCUT2D eigenvalue weighted by atomic mass is 10.2. The predicted molar refractivity (Wildman–Crippen MR) is 182 cm³/mol. The molecule has 2 aromatic heterocycles. The number of hydrogen-bond acceptors (Lipinski definition) is 5. The molecule has 3 unspecified atom stereocenters. The first-order chi connectivity index (χ1) is 19.9. The van der Waals surface area contributed by atoms with E-state index in [-0.39, 0.29) is 18.2 Å². The molecular formula is C36H49N5. The normalized spacial score (nSPS) is 14.6. The molecule has 2 heterocycles. The third-order valence-electron chi connectivity index (χ3n) is 4.85. The average Bonchev–Trinajstić information content (AvgIpc) is 2.98. The standard InChI is InChI=1S/C21H24N4.C13H19N.C2H6/c1-18(7-2-3-8-19-12-15-23-16-13-19)25-21(22)11-5-4-9-20-10-6-14-24-17-20;1-4-8-13(9-5-2)11-7-6-10-12(3)14;1-2/h2-18,21,25H,22H2,1H3;4-12H,1,14H2,2-3H3;1-2H3/b7-2+,8-3+,9-4+,11-5+;9-5-,10-6+,11-7+,13-8+;. The summed E-state index contributed by atoms with van der Waals surface area (Å²) in [5.41, 5.74) is 14.9. The molecule has 5 N–H and O–H groups in total. The van der Waals surface area contributed by atoms with E-state index in [0.717, 1.165) is 16.7 Å². The van der Waals surface area contributed by atoms with Gasteiger partial charge in [0.05, 0.1) is 6.17 Å². The van der Waals surface area contributed by atoms with Gasteiger partial charge in [-0.1, -0.05) is 124 Å². The fourth-order valence-corrected chi connectivity index (χ4v) is 3.01. The highest BCUT2D eigenvalue weighted by Gasteiger charge is 1.99. The molecule has 5 nitrogen and oxygen atoms in total. The molecule has 0 fully saturated rings. The Bertz CT molecular complexity index is 1090. The molecule has 0 saturated heterocycles. The summed E-state index contributed by atoms with van der Waals surface area (Å²) >= 11 is 0. The molecule has 41 heavy (non-hydrogen) atoms. The molecule has 2 rings (SSSR count). The quantitative estimate of drug-likeness (QED) is 0.175. The highest BCUT2D eigenvalue weighted by Crippen LogP contribution is 2.01. The zero-order valence-corrected chi connectivity index (χ0v) is 25.3. The second-order valence-corrected chi connectivity index (χ2v) is 8.54. The molecule has 0 amide bonds. The van der Waals surface area contributed by atoms with Gasteiger partial charge in [-0.15, -0.1) is 0 Å². The van der Waals surface area contributed by atoms with Crippen LogP contribution in [0.3, 0.4) is 0 Å². The molecule has 0 bridgehead atoms. The number of nitrogens with two attached hydrogens (primary N) is 2. The van der Waals surface area contributed by atoms with Crippen molar-refractivity contribution in [3.8, 4) is 0 Å². The Labute approximate surface area is 248 Å². The van der Waals surface area contributed by atoms with Crippen molar-refractivity contribution >= 4 is 12.2 Å². The zero-order valence-electron chi connectivity index (χ0n) is 25.3. The Balaban J connectivity index is 0.000000853. The van der Waals surface area contributed by atoms with Crippen LogP contribution in [0, 0.1) is 0 Å². The number of rotatable bonds is 13. The van der Waals surface area contributed by atoms with E-state index in [1.54, 1.807) is 24.7 Å². The van der Waals surface area contributed by atoms with E-state index in [1.807, 2.05) is 143 Å². The molecule has 0 spiro atoms. The molecule has 218 valence electrons. The Morgan fingerprint density at radius 2 is 1.46 bits per heavy atom. The number of nitrogens with zero attached hydrogens (tertiary/aromatic N) is 2. The van der Waals surface area contributed by atoms with E-state index in [2.05, 4.69) is 34.9 Å². The van der Waals surface area contributed by atoms with E-state index < -0.39 is 0 Å².